The van der Waals surface area contributed by atoms with E-state index >= 15 is 0 Å². The summed E-state index contributed by atoms with van der Waals surface area (Å²) in [4.78, 5) is 12.2. The van der Waals surface area contributed by atoms with Crippen LogP contribution in [0, 0.1) is 24.1 Å². The monoisotopic (exact) mass is 419 g/mol. The van der Waals surface area contributed by atoms with E-state index < -0.39 is 21.7 Å². The van der Waals surface area contributed by atoms with E-state index in [-0.39, 0.29) is 27.5 Å². The Morgan fingerprint density at radius 1 is 1.25 bits per heavy atom. The maximum Gasteiger partial charge on any atom is 0.287 e. The Morgan fingerprint density at radius 2 is 1.93 bits per heavy atom. The average Bonchev–Trinajstić information content (AvgIpc) is 3.03. The molecule has 2 aromatic carbocycles. The Bertz CT molecular complexity index is 1220. The van der Waals surface area contributed by atoms with Crippen LogP contribution in [0.1, 0.15) is 21.7 Å². The number of rotatable bonds is 4. The smallest absolute Gasteiger partial charge is 0.266 e. The molecule has 1 heterocycles. The fourth-order valence-corrected chi connectivity index (χ4v) is 3.44. The SMILES string of the molecule is Cc1c(C(=O)NS(=O)(=O)c2ccc(Cl)cc2)nnn1-c1ccc(C#N)cc1F. The van der Waals surface area contributed by atoms with Gasteiger partial charge in [-0.05, 0) is 49.4 Å². The standard InChI is InChI=1S/C17H11ClFN5O3S/c1-10-16(17(25)22-28(26,27)13-5-3-12(18)4-6-13)21-23-24(10)15-7-2-11(9-20)8-14(15)19/h2-8H,1H3,(H,22,25). The lowest BCUT2D eigenvalue weighted by Crippen LogP contribution is -2.31. The van der Waals surface area contributed by atoms with Crippen LogP contribution in [0.2, 0.25) is 5.02 Å². The fourth-order valence-electron chi connectivity index (χ4n) is 2.36. The molecule has 0 saturated heterocycles. The zero-order valence-electron chi connectivity index (χ0n) is 14.2. The van der Waals surface area contributed by atoms with Crippen molar-refractivity contribution in [2.24, 2.45) is 0 Å². The van der Waals surface area contributed by atoms with Gasteiger partial charge in [-0.25, -0.2) is 22.2 Å². The first kappa shape index (κ1) is 19.5. The van der Waals surface area contributed by atoms with Gasteiger partial charge in [0.2, 0.25) is 0 Å². The molecular weight excluding hydrogens is 409 g/mol. The summed E-state index contributed by atoms with van der Waals surface area (Å²) in [7, 11) is -4.16. The van der Waals surface area contributed by atoms with Crippen LogP contribution >= 0.6 is 11.6 Å². The fraction of sp³-hybridized carbons (Fsp3) is 0.0588. The molecule has 0 aliphatic rings. The second-order valence-corrected chi connectivity index (χ2v) is 7.72. The first-order chi connectivity index (χ1) is 13.2. The number of sulfonamides is 1. The number of nitrogens with one attached hydrogen (secondary N) is 1. The highest BCUT2D eigenvalue weighted by Gasteiger charge is 2.24. The lowest BCUT2D eigenvalue weighted by molar-refractivity contribution is 0.0976. The van der Waals surface area contributed by atoms with Crippen molar-refractivity contribution in [2.75, 3.05) is 0 Å². The molecule has 0 radical (unpaired) electrons. The van der Waals surface area contributed by atoms with Crippen LogP contribution in [0.3, 0.4) is 0 Å². The van der Waals surface area contributed by atoms with Crippen molar-refractivity contribution in [2.45, 2.75) is 11.8 Å². The zero-order chi connectivity index (χ0) is 20.5. The highest BCUT2D eigenvalue weighted by molar-refractivity contribution is 7.90. The topological polar surface area (TPSA) is 118 Å². The normalized spacial score (nSPS) is 11.1. The molecule has 0 bridgehead atoms. The molecule has 0 fully saturated rings. The van der Waals surface area contributed by atoms with E-state index in [0.29, 0.717) is 5.02 Å². The van der Waals surface area contributed by atoms with E-state index in [0.717, 1.165) is 10.7 Å². The molecule has 0 saturated carbocycles. The molecule has 0 atom stereocenters. The number of carbonyl (C=O) groups excluding carboxylic acids is 1. The highest BCUT2D eigenvalue weighted by Crippen LogP contribution is 2.18. The van der Waals surface area contributed by atoms with Crippen LogP contribution in [0.5, 0.6) is 0 Å². The summed E-state index contributed by atoms with van der Waals surface area (Å²) in [5.74, 6) is -1.76. The van der Waals surface area contributed by atoms with E-state index in [4.69, 9.17) is 16.9 Å². The number of nitrogens with zero attached hydrogens (tertiary/aromatic N) is 4. The van der Waals surface area contributed by atoms with E-state index in [2.05, 4.69) is 10.3 Å². The Hall–Kier alpha value is -3.29. The molecule has 0 aliphatic heterocycles. The molecule has 28 heavy (non-hydrogen) atoms. The van der Waals surface area contributed by atoms with Crippen molar-refractivity contribution in [3.05, 3.63) is 70.3 Å². The van der Waals surface area contributed by atoms with Gasteiger partial charge in [0.25, 0.3) is 15.9 Å². The summed E-state index contributed by atoms with van der Waals surface area (Å²) < 4.78 is 41.8. The molecule has 8 nitrogen and oxygen atoms in total. The third-order valence-corrected chi connectivity index (χ3v) is 5.36. The minimum atomic E-state index is -4.16. The number of benzene rings is 2. The molecule has 1 aromatic heterocycles. The van der Waals surface area contributed by atoms with Gasteiger partial charge >= 0.3 is 0 Å². The van der Waals surface area contributed by atoms with Crippen molar-refractivity contribution < 1.29 is 17.6 Å². The van der Waals surface area contributed by atoms with E-state index in [9.17, 15) is 17.6 Å². The van der Waals surface area contributed by atoms with Crippen molar-refractivity contribution in [1.29, 1.82) is 5.26 Å². The molecule has 1 N–H and O–H groups in total. The second-order valence-electron chi connectivity index (χ2n) is 5.60. The molecule has 11 heteroatoms. The van der Waals surface area contributed by atoms with Crippen molar-refractivity contribution in [1.82, 2.24) is 19.7 Å². The first-order valence-electron chi connectivity index (χ1n) is 7.68. The first-order valence-corrected chi connectivity index (χ1v) is 9.54. The Labute approximate surface area is 164 Å². The molecule has 3 aromatic rings. The summed E-state index contributed by atoms with van der Waals surface area (Å²) in [6.45, 7) is 1.43. The van der Waals surface area contributed by atoms with Gasteiger partial charge in [-0.3, -0.25) is 4.79 Å². The number of hydrogen-bond acceptors (Lipinski definition) is 6. The van der Waals surface area contributed by atoms with Gasteiger partial charge in [-0.1, -0.05) is 16.8 Å². The quantitative estimate of drug-likeness (QED) is 0.693. The molecular formula is C17H11ClFN5O3S. The average molecular weight is 420 g/mol. The summed E-state index contributed by atoms with van der Waals surface area (Å²) >= 11 is 5.73. The number of aromatic nitrogens is 3. The molecule has 1 amide bonds. The Morgan fingerprint density at radius 3 is 2.54 bits per heavy atom. The summed E-state index contributed by atoms with van der Waals surface area (Å²) in [6.07, 6.45) is 0. The number of nitriles is 1. The van der Waals surface area contributed by atoms with Gasteiger partial charge in [0, 0.05) is 5.02 Å². The zero-order valence-corrected chi connectivity index (χ0v) is 15.8. The van der Waals surface area contributed by atoms with Crippen LogP contribution < -0.4 is 4.72 Å². The van der Waals surface area contributed by atoms with Crippen molar-refractivity contribution in [3.8, 4) is 11.8 Å². The van der Waals surface area contributed by atoms with Crippen molar-refractivity contribution >= 4 is 27.5 Å². The Kier molecular flexibility index (Phi) is 5.13. The van der Waals surface area contributed by atoms with E-state index in [1.807, 2.05) is 4.72 Å². The summed E-state index contributed by atoms with van der Waals surface area (Å²) in [5.41, 5.74) is -0.0941. The second kappa shape index (κ2) is 7.38. The molecule has 0 spiro atoms. The molecule has 142 valence electrons. The third kappa shape index (κ3) is 3.71. The number of amides is 1. The number of hydrogen-bond donors (Lipinski definition) is 1. The van der Waals surface area contributed by atoms with Gasteiger partial charge in [0.15, 0.2) is 5.69 Å². The van der Waals surface area contributed by atoms with Crippen LogP contribution in [0.15, 0.2) is 47.4 Å². The molecule has 0 unspecified atom stereocenters. The summed E-state index contributed by atoms with van der Waals surface area (Å²) in [5, 5.41) is 16.5. The van der Waals surface area contributed by atoms with E-state index in [1.54, 1.807) is 6.07 Å². The minimum absolute atomic E-state index is 0.0383. The molecule has 3 rings (SSSR count). The Balaban J connectivity index is 1.90. The molecule has 0 aliphatic carbocycles. The predicted molar refractivity (Wildman–Crippen MR) is 96.9 cm³/mol. The maximum atomic E-state index is 14.2. The third-order valence-electron chi connectivity index (χ3n) is 3.77. The highest BCUT2D eigenvalue weighted by atomic mass is 35.5. The van der Waals surface area contributed by atoms with Gasteiger partial charge < -0.3 is 0 Å². The van der Waals surface area contributed by atoms with Crippen LogP contribution in [-0.2, 0) is 10.0 Å². The number of carbonyl (C=O) groups is 1. The van der Waals surface area contributed by atoms with Gasteiger partial charge in [-0.15, -0.1) is 5.10 Å². The summed E-state index contributed by atoms with van der Waals surface area (Å²) in [6, 6.07) is 10.7. The number of halogens is 2. The van der Waals surface area contributed by atoms with Gasteiger partial charge in [0.05, 0.1) is 22.2 Å². The van der Waals surface area contributed by atoms with Crippen LogP contribution in [-0.4, -0.2) is 29.3 Å². The lowest BCUT2D eigenvalue weighted by atomic mass is 10.2. The van der Waals surface area contributed by atoms with Crippen LogP contribution in [0.25, 0.3) is 5.69 Å². The van der Waals surface area contributed by atoms with Crippen molar-refractivity contribution in [3.63, 3.8) is 0 Å². The van der Waals surface area contributed by atoms with Gasteiger partial charge in [0.1, 0.15) is 11.5 Å². The van der Waals surface area contributed by atoms with E-state index in [1.165, 1.54) is 43.3 Å². The largest absolute Gasteiger partial charge is 0.287 e. The van der Waals surface area contributed by atoms with Crippen LogP contribution in [0.4, 0.5) is 4.39 Å². The lowest BCUT2D eigenvalue weighted by Gasteiger charge is -2.07. The minimum Gasteiger partial charge on any atom is -0.266 e. The maximum absolute atomic E-state index is 14.2. The van der Waals surface area contributed by atoms with Gasteiger partial charge in [-0.2, -0.15) is 5.26 Å². The predicted octanol–water partition coefficient (Wildman–Crippen LogP) is 2.36.